The fraction of sp³-hybridized carbons (Fsp3) is 0.360. The van der Waals surface area contributed by atoms with Crippen LogP contribution in [0.25, 0.3) is 0 Å². The predicted molar refractivity (Wildman–Crippen MR) is 118 cm³/mol. The zero-order chi connectivity index (χ0) is 22.0. The van der Waals surface area contributed by atoms with Crippen LogP contribution in [0.2, 0.25) is 0 Å². The highest BCUT2D eigenvalue weighted by Gasteiger charge is 2.34. The average molecular weight is 408 g/mol. The molecular weight excluding hydrogens is 378 g/mol. The van der Waals surface area contributed by atoms with Crippen molar-refractivity contribution in [3.8, 4) is 11.5 Å². The van der Waals surface area contributed by atoms with E-state index in [1.165, 1.54) is 6.92 Å². The minimum Gasteiger partial charge on any atom is -0.480 e. The number of hydrogen-bond donors (Lipinski definition) is 0. The van der Waals surface area contributed by atoms with Crippen LogP contribution in [0.5, 0.6) is 11.5 Å². The van der Waals surface area contributed by atoms with Gasteiger partial charge >= 0.3 is 5.97 Å². The number of fused-ring (bicyclic) bond motifs is 1. The van der Waals surface area contributed by atoms with E-state index >= 15 is 0 Å². The number of carbonyl (C=O) groups is 2. The van der Waals surface area contributed by atoms with E-state index in [1.54, 1.807) is 11.0 Å². The molecule has 5 heteroatoms. The van der Waals surface area contributed by atoms with Gasteiger partial charge in [-0.05, 0) is 69.4 Å². The van der Waals surface area contributed by atoms with Crippen LogP contribution in [0.3, 0.4) is 0 Å². The van der Waals surface area contributed by atoms with Gasteiger partial charge in [-0.3, -0.25) is 9.59 Å². The Morgan fingerprint density at radius 3 is 2.43 bits per heavy atom. The van der Waals surface area contributed by atoms with E-state index in [1.807, 2.05) is 58.0 Å². The first kappa shape index (κ1) is 21.6. The number of rotatable bonds is 5. The Kier molecular flexibility index (Phi) is 6.30. The lowest BCUT2D eigenvalue weighted by molar-refractivity contribution is -0.132. The first-order valence-electron chi connectivity index (χ1n) is 10.2. The number of hydrogen-bond acceptors (Lipinski definition) is 4. The summed E-state index contributed by atoms with van der Waals surface area (Å²) in [6.07, 6.45) is 2.41. The van der Waals surface area contributed by atoms with Crippen LogP contribution in [0.1, 0.15) is 42.5 Å². The molecule has 0 N–H and O–H groups in total. The van der Waals surface area contributed by atoms with Gasteiger partial charge in [0.2, 0.25) is 0 Å². The molecule has 5 nitrogen and oxygen atoms in total. The lowest BCUT2D eigenvalue weighted by Gasteiger charge is -2.35. The Morgan fingerprint density at radius 1 is 1.17 bits per heavy atom. The number of amides is 1. The van der Waals surface area contributed by atoms with Crippen molar-refractivity contribution < 1.29 is 19.1 Å². The molecule has 2 aromatic carbocycles. The van der Waals surface area contributed by atoms with Crippen molar-refractivity contribution in [2.24, 2.45) is 0 Å². The number of nitrogens with zero attached hydrogens (tertiary/aromatic N) is 1. The van der Waals surface area contributed by atoms with Crippen LogP contribution in [0, 0.1) is 20.8 Å². The number of anilines is 1. The van der Waals surface area contributed by atoms with Gasteiger partial charge in [-0.1, -0.05) is 24.3 Å². The highest BCUT2D eigenvalue weighted by atomic mass is 16.5. The number of benzene rings is 2. The minimum atomic E-state index is -0.586. The molecule has 1 amide bonds. The van der Waals surface area contributed by atoms with Crippen LogP contribution < -0.4 is 14.4 Å². The summed E-state index contributed by atoms with van der Waals surface area (Å²) in [5, 5.41) is 0. The second kappa shape index (κ2) is 8.74. The molecule has 0 radical (unpaired) electrons. The molecule has 0 fully saturated rings. The highest BCUT2D eigenvalue weighted by molar-refractivity contribution is 5.97. The van der Waals surface area contributed by atoms with E-state index < -0.39 is 6.10 Å². The molecule has 0 saturated carbocycles. The van der Waals surface area contributed by atoms with Crippen molar-refractivity contribution >= 4 is 17.6 Å². The Hall–Kier alpha value is -3.08. The quantitative estimate of drug-likeness (QED) is 0.404. The second-order valence-corrected chi connectivity index (χ2v) is 7.77. The first-order chi connectivity index (χ1) is 14.3. The van der Waals surface area contributed by atoms with Gasteiger partial charge in [0.1, 0.15) is 11.5 Å². The Bertz CT molecular complexity index is 981. The van der Waals surface area contributed by atoms with Crippen molar-refractivity contribution in [3.05, 3.63) is 65.2 Å². The molecule has 1 aliphatic heterocycles. The smallest absolute Gasteiger partial charge is 0.308 e. The molecule has 2 unspecified atom stereocenters. The van der Waals surface area contributed by atoms with E-state index in [9.17, 15) is 9.59 Å². The summed E-state index contributed by atoms with van der Waals surface area (Å²) in [5.41, 5.74) is 4.47. The van der Waals surface area contributed by atoms with E-state index in [0.717, 1.165) is 33.7 Å². The number of para-hydroxylation sites is 1. The maximum atomic E-state index is 13.5. The van der Waals surface area contributed by atoms with Gasteiger partial charge in [0.25, 0.3) is 5.91 Å². The molecule has 0 bridgehead atoms. The van der Waals surface area contributed by atoms with Crippen molar-refractivity contribution in [2.45, 2.75) is 59.6 Å². The largest absolute Gasteiger partial charge is 0.480 e. The fourth-order valence-electron chi connectivity index (χ4n) is 3.98. The minimum absolute atomic E-state index is 0.0852. The molecule has 0 aliphatic carbocycles. The molecule has 0 spiro atoms. The van der Waals surface area contributed by atoms with Crippen LogP contribution >= 0.6 is 0 Å². The lowest BCUT2D eigenvalue weighted by Crippen LogP contribution is -2.47. The maximum Gasteiger partial charge on any atom is 0.308 e. The molecule has 1 heterocycles. The topological polar surface area (TPSA) is 55.8 Å². The molecule has 30 heavy (non-hydrogen) atoms. The average Bonchev–Trinajstić information content (AvgIpc) is 2.75. The molecule has 2 aromatic rings. The molecule has 0 aromatic heterocycles. The Morgan fingerprint density at radius 2 is 1.83 bits per heavy atom. The van der Waals surface area contributed by atoms with E-state index in [4.69, 9.17) is 9.47 Å². The summed E-state index contributed by atoms with van der Waals surface area (Å²) in [7, 11) is 0. The number of ether oxygens (including phenoxy) is 2. The maximum absolute atomic E-state index is 13.5. The summed E-state index contributed by atoms with van der Waals surface area (Å²) >= 11 is 0. The molecule has 158 valence electrons. The third-order valence-corrected chi connectivity index (χ3v) is 5.77. The van der Waals surface area contributed by atoms with Crippen LogP contribution in [0.4, 0.5) is 5.69 Å². The molecule has 3 rings (SSSR count). The third-order valence-electron chi connectivity index (χ3n) is 5.77. The zero-order valence-corrected chi connectivity index (χ0v) is 18.3. The normalized spacial score (nSPS) is 16.1. The van der Waals surface area contributed by atoms with Gasteiger partial charge in [0.15, 0.2) is 6.10 Å². The fourth-order valence-corrected chi connectivity index (χ4v) is 3.98. The van der Waals surface area contributed by atoms with Gasteiger partial charge < -0.3 is 14.4 Å². The van der Waals surface area contributed by atoms with E-state index in [0.29, 0.717) is 18.6 Å². The first-order valence-corrected chi connectivity index (χ1v) is 10.2. The van der Waals surface area contributed by atoms with Gasteiger partial charge in [0, 0.05) is 18.2 Å². The second-order valence-electron chi connectivity index (χ2n) is 7.77. The lowest BCUT2D eigenvalue weighted by atomic mass is 9.91. The number of carbonyl (C=O) groups excluding carboxylic acids is 2. The summed E-state index contributed by atoms with van der Waals surface area (Å²) in [6.45, 7) is 13.0. The van der Waals surface area contributed by atoms with Crippen LogP contribution in [0.15, 0.2) is 43.0 Å². The molecule has 2 atom stereocenters. The van der Waals surface area contributed by atoms with Gasteiger partial charge in [-0.2, -0.15) is 0 Å². The predicted octanol–water partition coefficient (Wildman–Crippen LogP) is 4.84. The summed E-state index contributed by atoms with van der Waals surface area (Å²) in [4.78, 5) is 26.8. The van der Waals surface area contributed by atoms with Crippen LogP contribution in [-0.4, -0.2) is 24.0 Å². The molecular formula is C25H29NO4. The van der Waals surface area contributed by atoms with Crippen molar-refractivity contribution in [1.29, 1.82) is 0 Å². The van der Waals surface area contributed by atoms with E-state index in [-0.39, 0.29) is 17.9 Å². The van der Waals surface area contributed by atoms with Gasteiger partial charge in [-0.15, -0.1) is 6.58 Å². The van der Waals surface area contributed by atoms with E-state index in [2.05, 4.69) is 6.58 Å². The monoisotopic (exact) mass is 407 g/mol. The SMILES string of the molecule is C=CC(C)N(C(=O)C1CCc2c(C)c(OC(C)=O)c(C)c(C)c2O1)c1ccccc1. The highest BCUT2D eigenvalue weighted by Crippen LogP contribution is 2.42. The summed E-state index contributed by atoms with van der Waals surface area (Å²) in [6, 6.07) is 9.42. The Labute approximate surface area is 178 Å². The van der Waals surface area contributed by atoms with Crippen molar-refractivity contribution in [3.63, 3.8) is 0 Å². The molecule has 0 saturated heterocycles. The standard InChI is InChI=1S/C25H29NO4/c1-7-15(2)26(20-11-9-8-10-12-20)25(28)22-14-13-21-18(5)23(29-19(6)27)16(3)17(4)24(21)30-22/h7-12,15,22H,1,13-14H2,2-6H3. The summed E-state index contributed by atoms with van der Waals surface area (Å²) in [5.74, 6) is 0.892. The molecule has 1 aliphatic rings. The van der Waals surface area contributed by atoms with Crippen LogP contribution in [-0.2, 0) is 16.0 Å². The Balaban J connectivity index is 1.96. The van der Waals surface area contributed by atoms with Gasteiger partial charge in [0.05, 0.1) is 6.04 Å². The third kappa shape index (κ3) is 3.97. The zero-order valence-electron chi connectivity index (χ0n) is 18.3. The van der Waals surface area contributed by atoms with Crippen molar-refractivity contribution in [2.75, 3.05) is 4.90 Å². The van der Waals surface area contributed by atoms with Gasteiger partial charge in [-0.25, -0.2) is 0 Å². The summed E-state index contributed by atoms with van der Waals surface area (Å²) < 4.78 is 11.7. The number of esters is 1. The van der Waals surface area contributed by atoms with Crippen molar-refractivity contribution in [1.82, 2.24) is 0 Å².